The van der Waals surface area contributed by atoms with Gasteiger partial charge in [-0.25, -0.2) is 4.79 Å². The van der Waals surface area contributed by atoms with Crippen LogP contribution in [0.25, 0.3) is 0 Å². The smallest absolute Gasteiger partial charge is 0.410 e. The van der Waals surface area contributed by atoms with E-state index >= 15 is 0 Å². The zero-order chi connectivity index (χ0) is 16.3. The summed E-state index contributed by atoms with van der Waals surface area (Å²) in [5.41, 5.74) is -0.518. The van der Waals surface area contributed by atoms with Crippen LogP contribution in [-0.2, 0) is 4.74 Å². The first-order valence-corrected chi connectivity index (χ1v) is 8.03. The molecule has 128 valence electrons. The number of likely N-dealkylation sites (tertiary alicyclic amines) is 1. The third kappa shape index (κ3) is 4.55. The summed E-state index contributed by atoms with van der Waals surface area (Å²) in [4.78, 5) is 18.2. The van der Waals surface area contributed by atoms with Gasteiger partial charge in [0.15, 0.2) is 0 Å². The number of piperazine rings is 1. The van der Waals surface area contributed by atoms with Crippen LogP contribution < -0.4 is 0 Å². The minimum atomic E-state index is -0.531. The molecule has 7 nitrogen and oxygen atoms in total. The largest absolute Gasteiger partial charge is 0.444 e. The van der Waals surface area contributed by atoms with Gasteiger partial charge in [0, 0.05) is 39.3 Å². The van der Waals surface area contributed by atoms with Gasteiger partial charge in [0.05, 0.1) is 25.3 Å². The molecule has 2 rings (SSSR count). The standard InChI is InChI=1S/C15H29N3O4/c1-15(2,3)22-14(21)18-10-12(13(20)11-18)17-6-4-16(5-7-17)8-9-19/h12-13,19-20H,4-11H2,1-3H3/t12-,13-/m1/s1. The lowest BCUT2D eigenvalue weighted by atomic mass is 10.1. The van der Waals surface area contributed by atoms with E-state index in [4.69, 9.17) is 9.84 Å². The van der Waals surface area contributed by atoms with Crippen molar-refractivity contribution in [1.82, 2.24) is 14.7 Å². The van der Waals surface area contributed by atoms with Crippen molar-refractivity contribution >= 4 is 6.09 Å². The number of carbonyl (C=O) groups excluding carboxylic acids is 1. The van der Waals surface area contributed by atoms with E-state index < -0.39 is 11.7 Å². The average molecular weight is 315 g/mol. The van der Waals surface area contributed by atoms with Crippen LogP contribution in [-0.4, -0.2) is 101 Å². The molecule has 2 aliphatic heterocycles. The number of amides is 1. The molecule has 22 heavy (non-hydrogen) atoms. The molecule has 2 atom stereocenters. The Kier molecular flexibility index (Phi) is 5.65. The minimum Gasteiger partial charge on any atom is -0.444 e. The molecule has 0 unspecified atom stereocenters. The predicted octanol–water partition coefficient (Wildman–Crippen LogP) is -0.423. The normalized spacial score (nSPS) is 28.1. The number of carbonyl (C=O) groups is 1. The number of ether oxygens (including phenoxy) is 1. The van der Waals surface area contributed by atoms with Crippen LogP contribution in [0.3, 0.4) is 0 Å². The Labute approximate surface area is 132 Å². The van der Waals surface area contributed by atoms with E-state index in [9.17, 15) is 9.90 Å². The summed E-state index contributed by atoms with van der Waals surface area (Å²) in [6, 6.07) is -0.0243. The molecule has 1 amide bonds. The van der Waals surface area contributed by atoms with Crippen LogP contribution >= 0.6 is 0 Å². The van der Waals surface area contributed by atoms with Crippen molar-refractivity contribution in [2.24, 2.45) is 0 Å². The van der Waals surface area contributed by atoms with Gasteiger partial charge in [0.25, 0.3) is 0 Å². The van der Waals surface area contributed by atoms with Gasteiger partial charge in [-0.15, -0.1) is 0 Å². The number of nitrogens with zero attached hydrogens (tertiary/aromatic N) is 3. The molecule has 0 bridgehead atoms. The van der Waals surface area contributed by atoms with Crippen LogP contribution in [0.5, 0.6) is 0 Å². The van der Waals surface area contributed by atoms with Crippen molar-refractivity contribution in [3.63, 3.8) is 0 Å². The Bertz CT molecular complexity index is 377. The molecule has 0 aromatic heterocycles. The maximum absolute atomic E-state index is 12.1. The van der Waals surface area contributed by atoms with Gasteiger partial charge in [-0.05, 0) is 20.8 Å². The fourth-order valence-electron chi connectivity index (χ4n) is 3.06. The first-order chi connectivity index (χ1) is 10.3. The number of hydrogen-bond acceptors (Lipinski definition) is 6. The SMILES string of the molecule is CC(C)(C)OC(=O)N1C[C@@H](O)[C@H](N2CCN(CCO)CC2)C1. The van der Waals surface area contributed by atoms with E-state index in [2.05, 4.69) is 9.80 Å². The van der Waals surface area contributed by atoms with Crippen molar-refractivity contribution < 1.29 is 19.7 Å². The lowest BCUT2D eigenvalue weighted by molar-refractivity contribution is 0.0266. The van der Waals surface area contributed by atoms with E-state index in [1.807, 2.05) is 20.8 Å². The topological polar surface area (TPSA) is 76.5 Å². The Morgan fingerprint density at radius 3 is 2.36 bits per heavy atom. The Balaban J connectivity index is 1.85. The fourth-order valence-corrected chi connectivity index (χ4v) is 3.06. The molecule has 2 saturated heterocycles. The number of hydrogen-bond donors (Lipinski definition) is 2. The zero-order valence-corrected chi connectivity index (χ0v) is 13.9. The van der Waals surface area contributed by atoms with Gasteiger partial charge >= 0.3 is 6.09 Å². The van der Waals surface area contributed by atoms with E-state index in [0.717, 1.165) is 26.2 Å². The highest BCUT2D eigenvalue weighted by molar-refractivity contribution is 5.68. The van der Waals surface area contributed by atoms with Gasteiger partial charge in [-0.3, -0.25) is 9.80 Å². The molecule has 2 fully saturated rings. The van der Waals surface area contributed by atoms with Crippen molar-refractivity contribution in [1.29, 1.82) is 0 Å². The zero-order valence-electron chi connectivity index (χ0n) is 13.9. The van der Waals surface area contributed by atoms with Gasteiger partial charge < -0.3 is 19.8 Å². The molecule has 0 saturated carbocycles. The summed E-state index contributed by atoms with van der Waals surface area (Å²) < 4.78 is 5.38. The fraction of sp³-hybridized carbons (Fsp3) is 0.933. The third-order valence-corrected chi connectivity index (χ3v) is 4.20. The molecular formula is C15H29N3O4. The first kappa shape index (κ1) is 17.5. The molecule has 0 aromatic carbocycles. The molecule has 0 spiro atoms. The van der Waals surface area contributed by atoms with Gasteiger partial charge in [-0.2, -0.15) is 0 Å². The second kappa shape index (κ2) is 7.12. The molecule has 2 N–H and O–H groups in total. The van der Waals surface area contributed by atoms with E-state index in [1.54, 1.807) is 4.90 Å². The van der Waals surface area contributed by atoms with Crippen LogP contribution in [0, 0.1) is 0 Å². The average Bonchev–Trinajstić information content (AvgIpc) is 2.80. The van der Waals surface area contributed by atoms with Crippen LogP contribution in [0.1, 0.15) is 20.8 Å². The summed E-state index contributed by atoms with van der Waals surface area (Å²) in [6.45, 7) is 10.7. The van der Waals surface area contributed by atoms with Crippen LogP contribution in [0.4, 0.5) is 4.79 Å². The summed E-state index contributed by atoms with van der Waals surface area (Å²) in [7, 11) is 0. The highest BCUT2D eigenvalue weighted by Crippen LogP contribution is 2.20. The predicted molar refractivity (Wildman–Crippen MR) is 82.7 cm³/mol. The first-order valence-electron chi connectivity index (χ1n) is 8.03. The Morgan fingerprint density at radius 2 is 1.82 bits per heavy atom. The van der Waals surface area contributed by atoms with Gasteiger partial charge in [-0.1, -0.05) is 0 Å². The Morgan fingerprint density at radius 1 is 1.18 bits per heavy atom. The summed E-state index contributed by atoms with van der Waals surface area (Å²) in [5.74, 6) is 0. The van der Waals surface area contributed by atoms with Crippen LogP contribution in [0.2, 0.25) is 0 Å². The lowest BCUT2D eigenvalue weighted by Crippen LogP contribution is -2.54. The maximum Gasteiger partial charge on any atom is 0.410 e. The monoisotopic (exact) mass is 315 g/mol. The van der Waals surface area contributed by atoms with Crippen molar-refractivity contribution in [3.8, 4) is 0 Å². The third-order valence-electron chi connectivity index (χ3n) is 4.20. The van der Waals surface area contributed by atoms with E-state index in [0.29, 0.717) is 19.6 Å². The number of aliphatic hydroxyl groups excluding tert-OH is 2. The maximum atomic E-state index is 12.1. The number of aliphatic hydroxyl groups is 2. The molecule has 7 heteroatoms. The highest BCUT2D eigenvalue weighted by Gasteiger charge is 2.39. The number of β-amino-alcohol motifs (C(OH)–C–C–N with tert-alkyl or cyclic N) is 2. The summed E-state index contributed by atoms with van der Waals surface area (Å²) >= 11 is 0. The van der Waals surface area contributed by atoms with Crippen LogP contribution in [0.15, 0.2) is 0 Å². The molecule has 2 aliphatic rings. The molecule has 0 aromatic rings. The molecular weight excluding hydrogens is 286 g/mol. The quantitative estimate of drug-likeness (QED) is 0.736. The molecule has 0 radical (unpaired) electrons. The molecule has 0 aliphatic carbocycles. The summed E-state index contributed by atoms with van der Waals surface area (Å²) in [6.07, 6.45) is -0.884. The lowest BCUT2D eigenvalue weighted by Gasteiger charge is -2.38. The second-order valence-electron chi connectivity index (χ2n) is 7.12. The van der Waals surface area contributed by atoms with Crippen molar-refractivity contribution in [3.05, 3.63) is 0 Å². The van der Waals surface area contributed by atoms with Gasteiger partial charge in [0.1, 0.15) is 5.60 Å². The minimum absolute atomic E-state index is 0.0243. The summed E-state index contributed by atoms with van der Waals surface area (Å²) in [5, 5.41) is 19.3. The molecule has 2 heterocycles. The van der Waals surface area contributed by atoms with Gasteiger partial charge in [0.2, 0.25) is 0 Å². The van der Waals surface area contributed by atoms with Crippen molar-refractivity contribution in [2.45, 2.75) is 38.5 Å². The van der Waals surface area contributed by atoms with E-state index in [1.165, 1.54) is 0 Å². The van der Waals surface area contributed by atoms with E-state index in [-0.39, 0.29) is 18.7 Å². The Hall–Kier alpha value is -0.890. The highest BCUT2D eigenvalue weighted by atomic mass is 16.6. The number of rotatable bonds is 3. The second-order valence-corrected chi connectivity index (χ2v) is 7.12. The van der Waals surface area contributed by atoms with Crippen molar-refractivity contribution in [2.75, 3.05) is 52.4 Å².